The van der Waals surface area contributed by atoms with Gasteiger partial charge in [0.25, 0.3) is 0 Å². The number of hydrogen-bond acceptors (Lipinski definition) is 2. The Kier molecular flexibility index (Phi) is 1.28. The van der Waals surface area contributed by atoms with Crippen molar-refractivity contribution >= 4 is 12.6 Å². The summed E-state index contributed by atoms with van der Waals surface area (Å²) < 4.78 is 0. The van der Waals surface area contributed by atoms with Gasteiger partial charge in [-0.15, -0.1) is 0 Å². The highest BCUT2D eigenvalue weighted by Crippen LogP contribution is 2.28. The summed E-state index contributed by atoms with van der Waals surface area (Å²) in [6.45, 7) is 3.13. The number of nitrogens with zero attached hydrogens (tertiary/aromatic N) is 1. The Balaban J connectivity index is 2.22. The quantitative estimate of drug-likeness (QED) is 0.400. The molecule has 0 saturated heterocycles. The summed E-state index contributed by atoms with van der Waals surface area (Å²) in [6, 6.07) is 0. The lowest BCUT2D eigenvalue weighted by atomic mass is 10.4. The Morgan fingerprint density at radius 1 is 1.75 bits per heavy atom. The number of carbonyl (C=O) groups excluding carboxylic acids is 1. The zero-order valence-electron chi connectivity index (χ0n) is 4.55. The first-order valence-electron chi connectivity index (χ1n) is 2.60. The van der Waals surface area contributed by atoms with Gasteiger partial charge in [-0.25, -0.2) is 5.43 Å². The van der Waals surface area contributed by atoms with Gasteiger partial charge in [-0.05, 0) is 12.8 Å². The second kappa shape index (κ2) is 1.94. The summed E-state index contributed by atoms with van der Waals surface area (Å²) in [5, 5.41) is 3.25. The predicted molar refractivity (Wildman–Crippen MR) is 30.4 cm³/mol. The van der Waals surface area contributed by atoms with Crippen molar-refractivity contribution in [2.45, 2.75) is 12.8 Å². The highest BCUT2D eigenvalue weighted by Gasteiger charge is 2.29. The average molecular weight is 112 g/mol. The van der Waals surface area contributed by atoms with Crippen LogP contribution in [0.15, 0.2) is 5.10 Å². The summed E-state index contributed by atoms with van der Waals surface area (Å²) in [5.74, 6) is 0.250. The van der Waals surface area contributed by atoms with Gasteiger partial charge < -0.3 is 0 Å². The van der Waals surface area contributed by atoms with Crippen molar-refractivity contribution in [2.75, 3.05) is 0 Å². The topological polar surface area (TPSA) is 41.5 Å². The molecule has 1 aliphatic carbocycles. The van der Waals surface area contributed by atoms with E-state index in [1.165, 1.54) is 0 Å². The smallest absolute Gasteiger partial charge is 0.243 e. The number of hydrazone groups is 1. The molecule has 0 aromatic rings. The van der Waals surface area contributed by atoms with E-state index in [1.54, 1.807) is 0 Å². The highest BCUT2D eigenvalue weighted by atomic mass is 16.2. The van der Waals surface area contributed by atoms with Crippen LogP contribution in [0.25, 0.3) is 0 Å². The van der Waals surface area contributed by atoms with E-state index in [2.05, 4.69) is 17.2 Å². The molecule has 0 atom stereocenters. The SMILES string of the molecule is C=NNC(=O)C1CC1. The van der Waals surface area contributed by atoms with Gasteiger partial charge in [0, 0.05) is 12.6 Å². The Bertz CT molecular complexity index is 118. The lowest BCUT2D eigenvalue weighted by molar-refractivity contribution is -0.122. The molecule has 1 amide bonds. The normalized spacial score (nSPS) is 17.5. The van der Waals surface area contributed by atoms with Gasteiger partial charge >= 0.3 is 0 Å². The fraction of sp³-hybridized carbons (Fsp3) is 0.600. The number of nitrogens with one attached hydrogen (secondary N) is 1. The highest BCUT2D eigenvalue weighted by molar-refractivity contribution is 5.80. The number of carbonyl (C=O) groups is 1. The summed E-state index contributed by atoms with van der Waals surface area (Å²) >= 11 is 0. The molecule has 0 aliphatic heterocycles. The average Bonchev–Trinajstić information content (AvgIpc) is 2.45. The number of rotatable bonds is 2. The van der Waals surface area contributed by atoms with Crippen LogP contribution in [-0.4, -0.2) is 12.6 Å². The van der Waals surface area contributed by atoms with Crippen LogP contribution < -0.4 is 5.43 Å². The van der Waals surface area contributed by atoms with Crippen molar-refractivity contribution in [2.24, 2.45) is 11.0 Å². The third-order valence-electron chi connectivity index (χ3n) is 1.14. The molecule has 3 nitrogen and oxygen atoms in total. The minimum atomic E-state index is 0.0139. The number of hydrogen-bond donors (Lipinski definition) is 1. The van der Waals surface area contributed by atoms with E-state index in [-0.39, 0.29) is 11.8 Å². The third kappa shape index (κ3) is 1.05. The molecule has 1 rings (SSSR count). The maximum Gasteiger partial charge on any atom is 0.243 e. The fourth-order valence-electron chi connectivity index (χ4n) is 0.515. The molecule has 44 valence electrons. The van der Waals surface area contributed by atoms with Crippen LogP contribution in [0, 0.1) is 5.92 Å². The molecule has 0 bridgehead atoms. The van der Waals surface area contributed by atoms with E-state index in [9.17, 15) is 4.79 Å². The van der Waals surface area contributed by atoms with Crippen LogP contribution in [0.3, 0.4) is 0 Å². The standard InChI is InChI=1S/C5H8N2O/c1-6-7-5(8)4-2-3-4/h4H,1-3H2,(H,7,8). The molecule has 1 aliphatic rings. The first kappa shape index (κ1) is 5.28. The maximum absolute atomic E-state index is 10.6. The molecule has 0 unspecified atom stereocenters. The summed E-state index contributed by atoms with van der Waals surface area (Å²) in [7, 11) is 0. The second-order valence-corrected chi connectivity index (χ2v) is 1.91. The zero-order chi connectivity index (χ0) is 5.98. The van der Waals surface area contributed by atoms with Crippen molar-refractivity contribution in [1.29, 1.82) is 0 Å². The van der Waals surface area contributed by atoms with Crippen LogP contribution in [0.2, 0.25) is 0 Å². The molecule has 0 spiro atoms. The molecule has 0 radical (unpaired) electrons. The van der Waals surface area contributed by atoms with E-state index >= 15 is 0 Å². The molecule has 0 heterocycles. The van der Waals surface area contributed by atoms with Gasteiger partial charge in [0.05, 0.1) is 0 Å². The van der Waals surface area contributed by atoms with E-state index in [0.29, 0.717) is 0 Å². The van der Waals surface area contributed by atoms with Crippen LogP contribution in [-0.2, 0) is 4.79 Å². The molecule has 1 fully saturated rings. The molecule has 1 saturated carbocycles. The molecule has 0 aromatic carbocycles. The van der Waals surface area contributed by atoms with E-state index in [1.807, 2.05) is 0 Å². The molecular weight excluding hydrogens is 104 g/mol. The summed E-state index contributed by atoms with van der Waals surface area (Å²) in [5.41, 5.74) is 2.28. The Labute approximate surface area is 47.8 Å². The summed E-state index contributed by atoms with van der Waals surface area (Å²) in [6.07, 6.45) is 2.03. The number of amides is 1. The van der Waals surface area contributed by atoms with Crippen molar-refractivity contribution in [3.05, 3.63) is 0 Å². The van der Waals surface area contributed by atoms with Gasteiger partial charge in [-0.3, -0.25) is 4.79 Å². The van der Waals surface area contributed by atoms with Crippen molar-refractivity contribution in [1.82, 2.24) is 5.43 Å². The van der Waals surface area contributed by atoms with E-state index in [0.717, 1.165) is 12.8 Å². The van der Waals surface area contributed by atoms with Gasteiger partial charge in [-0.2, -0.15) is 5.10 Å². The van der Waals surface area contributed by atoms with Crippen LogP contribution in [0.5, 0.6) is 0 Å². The van der Waals surface area contributed by atoms with Gasteiger partial charge in [0.1, 0.15) is 0 Å². The second-order valence-electron chi connectivity index (χ2n) is 1.91. The largest absolute Gasteiger partial charge is 0.273 e. The monoisotopic (exact) mass is 112 g/mol. The van der Waals surface area contributed by atoms with E-state index in [4.69, 9.17) is 0 Å². The first-order chi connectivity index (χ1) is 3.84. The van der Waals surface area contributed by atoms with Crippen LogP contribution >= 0.6 is 0 Å². The third-order valence-corrected chi connectivity index (χ3v) is 1.14. The molecule has 8 heavy (non-hydrogen) atoms. The van der Waals surface area contributed by atoms with Crippen molar-refractivity contribution < 1.29 is 4.79 Å². The Morgan fingerprint density at radius 3 is 2.75 bits per heavy atom. The van der Waals surface area contributed by atoms with Crippen molar-refractivity contribution in [3.8, 4) is 0 Å². The molecule has 3 heteroatoms. The maximum atomic E-state index is 10.6. The van der Waals surface area contributed by atoms with Gasteiger partial charge in [0.2, 0.25) is 5.91 Å². The fourth-order valence-corrected chi connectivity index (χ4v) is 0.515. The van der Waals surface area contributed by atoms with Gasteiger partial charge in [0.15, 0.2) is 0 Å². The summed E-state index contributed by atoms with van der Waals surface area (Å²) in [4.78, 5) is 10.6. The Morgan fingerprint density at radius 2 is 2.38 bits per heavy atom. The lowest BCUT2D eigenvalue weighted by Crippen LogP contribution is -2.17. The van der Waals surface area contributed by atoms with Crippen LogP contribution in [0.4, 0.5) is 0 Å². The minimum Gasteiger partial charge on any atom is -0.273 e. The van der Waals surface area contributed by atoms with Crippen LogP contribution in [0.1, 0.15) is 12.8 Å². The molecule has 1 N–H and O–H groups in total. The minimum absolute atomic E-state index is 0.0139. The first-order valence-corrected chi connectivity index (χ1v) is 2.60. The molecular formula is C5H8N2O. The van der Waals surface area contributed by atoms with Crippen molar-refractivity contribution in [3.63, 3.8) is 0 Å². The lowest BCUT2D eigenvalue weighted by Gasteiger charge is -1.90. The zero-order valence-corrected chi connectivity index (χ0v) is 4.55. The van der Waals surface area contributed by atoms with Gasteiger partial charge in [-0.1, -0.05) is 0 Å². The molecule has 0 aromatic heterocycles. The van der Waals surface area contributed by atoms with E-state index < -0.39 is 0 Å². The Hall–Kier alpha value is -0.860. The predicted octanol–water partition coefficient (Wildman–Crippen LogP) is 0.128.